The Kier molecular flexibility index (Phi) is 3.38. The molecule has 0 spiro atoms. The summed E-state index contributed by atoms with van der Waals surface area (Å²) in [6.45, 7) is 4.96. The Hall–Kier alpha value is -1.97. The highest BCUT2D eigenvalue weighted by Crippen LogP contribution is 2.39. The zero-order chi connectivity index (χ0) is 14.1. The minimum absolute atomic E-state index is 0.0460. The normalized spacial score (nSPS) is 14.5. The second kappa shape index (κ2) is 5.19. The second-order valence-corrected chi connectivity index (χ2v) is 5.07. The van der Waals surface area contributed by atoms with Crippen LogP contribution in [-0.2, 0) is 0 Å². The molecule has 0 amide bonds. The van der Waals surface area contributed by atoms with Gasteiger partial charge in [-0.2, -0.15) is 0 Å². The van der Waals surface area contributed by atoms with Crippen LogP contribution in [0.25, 0.3) is 10.9 Å². The number of aromatic nitrogens is 1. The lowest BCUT2D eigenvalue weighted by Crippen LogP contribution is -2.06. The van der Waals surface area contributed by atoms with Crippen LogP contribution >= 0.6 is 0 Å². The van der Waals surface area contributed by atoms with E-state index in [0.717, 1.165) is 24.1 Å². The maximum atomic E-state index is 12.2. The molecule has 4 heteroatoms. The molecule has 1 saturated carbocycles. The maximum absolute atomic E-state index is 12.2. The SMILES string of the molecule is CCOc1cc2[nH]c(C3CC3)cc(=O)c2cc1OCC. The number of hydrogen-bond acceptors (Lipinski definition) is 3. The first-order chi connectivity index (χ1) is 9.72. The van der Waals surface area contributed by atoms with Gasteiger partial charge in [-0.05, 0) is 38.7 Å². The van der Waals surface area contributed by atoms with Crippen LogP contribution in [0.1, 0.15) is 38.3 Å². The third-order valence-corrected chi connectivity index (χ3v) is 3.53. The van der Waals surface area contributed by atoms with E-state index in [-0.39, 0.29) is 5.43 Å². The van der Waals surface area contributed by atoms with Gasteiger partial charge < -0.3 is 14.5 Å². The number of aromatic amines is 1. The number of hydrogen-bond donors (Lipinski definition) is 1. The highest BCUT2D eigenvalue weighted by Gasteiger charge is 2.25. The lowest BCUT2D eigenvalue weighted by atomic mass is 10.1. The van der Waals surface area contributed by atoms with E-state index in [2.05, 4.69) is 4.98 Å². The van der Waals surface area contributed by atoms with Crippen molar-refractivity contribution in [2.45, 2.75) is 32.6 Å². The Bertz CT molecular complexity index is 686. The summed E-state index contributed by atoms with van der Waals surface area (Å²) in [5, 5.41) is 0.654. The number of ether oxygens (including phenoxy) is 2. The second-order valence-electron chi connectivity index (χ2n) is 5.07. The molecule has 0 bridgehead atoms. The summed E-state index contributed by atoms with van der Waals surface area (Å²) in [6.07, 6.45) is 2.33. The summed E-state index contributed by atoms with van der Waals surface area (Å²) in [6, 6.07) is 5.37. The van der Waals surface area contributed by atoms with Gasteiger partial charge in [0.2, 0.25) is 0 Å². The standard InChI is InChI=1S/C16H19NO3/c1-3-19-15-7-11-13(9-16(15)20-4-2)17-12(8-14(11)18)10-5-6-10/h7-10H,3-6H2,1-2H3,(H,17,18). The van der Waals surface area contributed by atoms with Gasteiger partial charge in [-0.3, -0.25) is 4.79 Å². The van der Waals surface area contributed by atoms with Crippen molar-refractivity contribution in [2.24, 2.45) is 0 Å². The van der Waals surface area contributed by atoms with E-state index in [4.69, 9.17) is 9.47 Å². The van der Waals surface area contributed by atoms with E-state index in [0.29, 0.717) is 36.0 Å². The molecular weight excluding hydrogens is 254 g/mol. The Balaban J connectivity index is 2.16. The highest BCUT2D eigenvalue weighted by atomic mass is 16.5. The first-order valence-corrected chi connectivity index (χ1v) is 7.19. The number of rotatable bonds is 5. The molecule has 0 atom stereocenters. The quantitative estimate of drug-likeness (QED) is 0.910. The van der Waals surface area contributed by atoms with Gasteiger partial charge in [-0.15, -0.1) is 0 Å². The molecule has 0 radical (unpaired) electrons. The van der Waals surface area contributed by atoms with E-state index < -0.39 is 0 Å². The summed E-state index contributed by atoms with van der Waals surface area (Å²) < 4.78 is 11.2. The molecule has 0 saturated heterocycles. The van der Waals surface area contributed by atoms with Gasteiger partial charge in [0.05, 0.1) is 18.7 Å². The molecule has 0 aliphatic heterocycles. The first-order valence-electron chi connectivity index (χ1n) is 7.19. The van der Waals surface area contributed by atoms with Crippen LogP contribution in [-0.4, -0.2) is 18.2 Å². The maximum Gasteiger partial charge on any atom is 0.189 e. The monoisotopic (exact) mass is 273 g/mol. The topological polar surface area (TPSA) is 51.3 Å². The lowest BCUT2D eigenvalue weighted by molar-refractivity contribution is 0.288. The summed E-state index contributed by atoms with van der Waals surface area (Å²) in [5.74, 6) is 1.84. The van der Waals surface area contributed by atoms with Crippen molar-refractivity contribution in [1.82, 2.24) is 4.98 Å². The van der Waals surface area contributed by atoms with Crippen LogP contribution in [0.2, 0.25) is 0 Å². The van der Waals surface area contributed by atoms with E-state index in [1.807, 2.05) is 19.9 Å². The highest BCUT2D eigenvalue weighted by molar-refractivity contribution is 5.82. The summed E-state index contributed by atoms with van der Waals surface area (Å²) in [5.41, 5.74) is 1.91. The fourth-order valence-electron chi connectivity index (χ4n) is 2.43. The van der Waals surface area contributed by atoms with E-state index in [9.17, 15) is 4.79 Å². The average molecular weight is 273 g/mol. The summed E-state index contributed by atoms with van der Waals surface area (Å²) in [4.78, 5) is 15.6. The Morgan fingerprint density at radius 2 is 1.75 bits per heavy atom. The van der Waals surface area contributed by atoms with Gasteiger partial charge in [0, 0.05) is 23.2 Å². The molecule has 0 unspecified atom stereocenters. The average Bonchev–Trinajstić information content (AvgIpc) is 3.25. The molecule has 1 aromatic carbocycles. The minimum Gasteiger partial charge on any atom is -0.490 e. The molecule has 3 rings (SSSR count). The van der Waals surface area contributed by atoms with Crippen LogP contribution in [0.15, 0.2) is 23.0 Å². The van der Waals surface area contributed by atoms with Crippen molar-refractivity contribution in [3.05, 3.63) is 34.1 Å². The van der Waals surface area contributed by atoms with Gasteiger partial charge in [0.15, 0.2) is 16.9 Å². The lowest BCUT2D eigenvalue weighted by Gasteiger charge is -2.12. The third-order valence-electron chi connectivity index (χ3n) is 3.53. The van der Waals surface area contributed by atoms with Gasteiger partial charge in [-0.1, -0.05) is 0 Å². The Morgan fingerprint density at radius 1 is 1.10 bits per heavy atom. The van der Waals surface area contributed by atoms with Gasteiger partial charge in [0.25, 0.3) is 0 Å². The predicted octanol–water partition coefficient (Wildman–Crippen LogP) is 3.20. The molecule has 1 N–H and O–H groups in total. The predicted molar refractivity (Wildman–Crippen MR) is 78.9 cm³/mol. The van der Waals surface area contributed by atoms with Crippen LogP contribution in [0.3, 0.4) is 0 Å². The van der Waals surface area contributed by atoms with Crippen molar-refractivity contribution in [1.29, 1.82) is 0 Å². The zero-order valence-corrected chi connectivity index (χ0v) is 11.9. The molecule has 2 aromatic rings. The summed E-state index contributed by atoms with van der Waals surface area (Å²) >= 11 is 0. The zero-order valence-electron chi connectivity index (χ0n) is 11.9. The van der Waals surface area contributed by atoms with Crippen LogP contribution < -0.4 is 14.9 Å². The number of nitrogens with one attached hydrogen (secondary N) is 1. The van der Waals surface area contributed by atoms with Crippen LogP contribution in [0.5, 0.6) is 11.5 Å². The number of pyridine rings is 1. The molecular formula is C16H19NO3. The summed E-state index contributed by atoms with van der Waals surface area (Å²) in [7, 11) is 0. The van der Waals surface area contributed by atoms with Crippen molar-refractivity contribution in [3.63, 3.8) is 0 Å². The molecule has 1 aliphatic rings. The van der Waals surface area contributed by atoms with Crippen molar-refractivity contribution < 1.29 is 9.47 Å². The van der Waals surface area contributed by atoms with Gasteiger partial charge >= 0.3 is 0 Å². The fraction of sp³-hybridized carbons (Fsp3) is 0.438. The molecule has 1 heterocycles. The fourth-order valence-corrected chi connectivity index (χ4v) is 2.43. The van der Waals surface area contributed by atoms with Gasteiger partial charge in [0.1, 0.15) is 0 Å². The van der Waals surface area contributed by atoms with Crippen molar-refractivity contribution in [2.75, 3.05) is 13.2 Å². The molecule has 1 aliphatic carbocycles. The van der Waals surface area contributed by atoms with E-state index >= 15 is 0 Å². The Morgan fingerprint density at radius 3 is 2.35 bits per heavy atom. The number of benzene rings is 1. The minimum atomic E-state index is 0.0460. The Labute approximate surface area is 117 Å². The first kappa shape index (κ1) is 13.0. The van der Waals surface area contributed by atoms with Crippen LogP contribution in [0, 0.1) is 0 Å². The van der Waals surface area contributed by atoms with Crippen LogP contribution in [0.4, 0.5) is 0 Å². The van der Waals surface area contributed by atoms with E-state index in [1.165, 1.54) is 0 Å². The molecule has 1 fully saturated rings. The van der Waals surface area contributed by atoms with Crippen molar-refractivity contribution in [3.8, 4) is 11.5 Å². The van der Waals surface area contributed by atoms with E-state index in [1.54, 1.807) is 12.1 Å². The smallest absolute Gasteiger partial charge is 0.189 e. The van der Waals surface area contributed by atoms with Crippen molar-refractivity contribution >= 4 is 10.9 Å². The largest absolute Gasteiger partial charge is 0.490 e. The number of fused-ring (bicyclic) bond motifs is 1. The molecule has 4 nitrogen and oxygen atoms in total. The molecule has 1 aromatic heterocycles. The number of H-pyrrole nitrogens is 1. The van der Waals surface area contributed by atoms with Gasteiger partial charge in [-0.25, -0.2) is 0 Å². The molecule has 20 heavy (non-hydrogen) atoms. The molecule has 106 valence electrons. The third kappa shape index (κ3) is 2.38.